The summed E-state index contributed by atoms with van der Waals surface area (Å²) in [6, 6.07) is 5.43. The van der Waals surface area contributed by atoms with E-state index in [0.29, 0.717) is 12.2 Å². The van der Waals surface area contributed by atoms with Crippen molar-refractivity contribution in [3.8, 4) is 0 Å². The molecule has 0 saturated carbocycles. The Hall–Kier alpha value is -1.84. The first-order valence-electron chi connectivity index (χ1n) is 4.82. The van der Waals surface area contributed by atoms with Gasteiger partial charge in [0.2, 0.25) is 0 Å². The van der Waals surface area contributed by atoms with Crippen molar-refractivity contribution in [2.75, 3.05) is 6.61 Å². The Bertz CT molecular complexity index is 502. The fraction of sp³-hybridized carbons (Fsp3) is 0.273. The molecule has 0 fully saturated rings. The van der Waals surface area contributed by atoms with E-state index in [-0.39, 0.29) is 5.97 Å². The van der Waals surface area contributed by atoms with E-state index in [1.54, 1.807) is 17.7 Å². The lowest BCUT2D eigenvalue weighted by Crippen LogP contribution is -2.04. The fourth-order valence-electron chi connectivity index (χ4n) is 1.55. The Morgan fingerprint density at radius 2 is 2.33 bits per heavy atom. The Kier molecular flexibility index (Phi) is 2.41. The number of ether oxygens (including phenoxy) is 1. The monoisotopic (exact) mass is 204 g/mol. The maximum absolute atomic E-state index is 11.6. The van der Waals surface area contributed by atoms with E-state index in [4.69, 9.17) is 4.74 Å². The summed E-state index contributed by atoms with van der Waals surface area (Å²) < 4.78 is 6.66. The number of carbonyl (C=O) groups is 1. The second-order valence-corrected chi connectivity index (χ2v) is 3.26. The third-order valence-corrected chi connectivity index (χ3v) is 2.16. The molecule has 1 aromatic heterocycles. The van der Waals surface area contributed by atoms with Crippen molar-refractivity contribution in [3.05, 3.63) is 30.0 Å². The van der Waals surface area contributed by atoms with Gasteiger partial charge in [0.05, 0.1) is 17.7 Å². The molecular weight excluding hydrogens is 192 g/mol. The summed E-state index contributed by atoms with van der Waals surface area (Å²) in [6.07, 6.45) is 1.82. The number of nitrogens with zero attached hydrogens (tertiary/aromatic N) is 2. The number of benzene rings is 1. The van der Waals surface area contributed by atoms with Gasteiger partial charge in [0.1, 0.15) is 0 Å². The standard InChI is InChI=1S/C11H12N2O2/c1-3-15-11(14)8-5-4-6-10-9(8)7-13(2)12-10/h4-7H,3H2,1-2H3. The van der Waals surface area contributed by atoms with Crippen molar-refractivity contribution in [2.24, 2.45) is 7.05 Å². The van der Waals surface area contributed by atoms with Gasteiger partial charge in [0.15, 0.2) is 0 Å². The maximum Gasteiger partial charge on any atom is 0.338 e. The summed E-state index contributed by atoms with van der Waals surface area (Å²) in [7, 11) is 1.83. The minimum absolute atomic E-state index is 0.295. The summed E-state index contributed by atoms with van der Waals surface area (Å²) in [6.45, 7) is 2.18. The molecule has 0 bridgehead atoms. The number of hydrogen-bond donors (Lipinski definition) is 0. The predicted octanol–water partition coefficient (Wildman–Crippen LogP) is 1.75. The summed E-state index contributed by atoms with van der Waals surface area (Å²) in [5.74, 6) is -0.295. The Morgan fingerprint density at radius 3 is 3.07 bits per heavy atom. The van der Waals surface area contributed by atoms with Gasteiger partial charge < -0.3 is 4.74 Å². The van der Waals surface area contributed by atoms with Crippen LogP contribution in [0.15, 0.2) is 24.4 Å². The lowest BCUT2D eigenvalue weighted by molar-refractivity contribution is 0.0528. The van der Waals surface area contributed by atoms with E-state index < -0.39 is 0 Å². The fourth-order valence-corrected chi connectivity index (χ4v) is 1.55. The molecule has 0 atom stereocenters. The number of aromatic nitrogens is 2. The molecule has 0 spiro atoms. The van der Waals surface area contributed by atoms with E-state index in [2.05, 4.69) is 5.10 Å². The first-order chi connectivity index (χ1) is 7.22. The van der Waals surface area contributed by atoms with Crippen LogP contribution in [0.3, 0.4) is 0 Å². The number of aryl methyl sites for hydroxylation is 1. The largest absolute Gasteiger partial charge is 0.462 e. The minimum Gasteiger partial charge on any atom is -0.462 e. The van der Waals surface area contributed by atoms with Crippen molar-refractivity contribution < 1.29 is 9.53 Å². The normalized spacial score (nSPS) is 10.5. The second kappa shape index (κ2) is 3.73. The van der Waals surface area contributed by atoms with Crippen LogP contribution in [0.5, 0.6) is 0 Å². The molecular formula is C11H12N2O2. The molecule has 0 saturated heterocycles. The third-order valence-electron chi connectivity index (χ3n) is 2.16. The lowest BCUT2D eigenvalue weighted by Gasteiger charge is -2.01. The third kappa shape index (κ3) is 1.70. The van der Waals surface area contributed by atoms with Crippen LogP contribution in [0.2, 0.25) is 0 Å². The topological polar surface area (TPSA) is 44.1 Å². The number of rotatable bonds is 2. The summed E-state index contributed by atoms with van der Waals surface area (Å²) in [4.78, 5) is 11.6. The van der Waals surface area contributed by atoms with Crippen LogP contribution >= 0.6 is 0 Å². The van der Waals surface area contributed by atoms with Gasteiger partial charge in [-0.2, -0.15) is 5.10 Å². The first-order valence-corrected chi connectivity index (χ1v) is 4.82. The van der Waals surface area contributed by atoms with Gasteiger partial charge in [-0.15, -0.1) is 0 Å². The van der Waals surface area contributed by atoms with Gasteiger partial charge in [-0.1, -0.05) is 6.07 Å². The van der Waals surface area contributed by atoms with Crippen LogP contribution in [0.4, 0.5) is 0 Å². The van der Waals surface area contributed by atoms with E-state index in [0.717, 1.165) is 10.9 Å². The highest BCUT2D eigenvalue weighted by atomic mass is 16.5. The summed E-state index contributed by atoms with van der Waals surface area (Å²) in [5, 5.41) is 5.06. The molecule has 1 heterocycles. The molecule has 0 N–H and O–H groups in total. The molecule has 2 aromatic rings. The molecule has 0 aliphatic carbocycles. The van der Waals surface area contributed by atoms with E-state index in [9.17, 15) is 4.79 Å². The van der Waals surface area contributed by atoms with Crippen LogP contribution < -0.4 is 0 Å². The molecule has 0 unspecified atom stereocenters. The van der Waals surface area contributed by atoms with Crippen molar-refractivity contribution in [3.63, 3.8) is 0 Å². The predicted molar refractivity (Wildman–Crippen MR) is 56.7 cm³/mol. The van der Waals surface area contributed by atoms with Gasteiger partial charge in [-0.25, -0.2) is 4.79 Å². The Morgan fingerprint density at radius 1 is 1.53 bits per heavy atom. The van der Waals surface area contributed by atoms with Crippen LogP contribution in [0.25, 0.3) is 10.9 Å². The zero-order chi connectivity index (χ0) is 10.8. The SMILES string of the molecule is CCOC(=O)c1cccc2nn(C)cc12. The summed E-state index contributed by atoms with van der Waals surface area (Å²) >= 11 is 0. The van der Waals surface area contributed by atoms with Crippen molar-refractivity contribution >= 4 is 16.9 Å². The lowest BCUT2D eigenvalue weighted by atomic mass is 10.1. The van der Waals surface area contributed by atoms with Gasteiger partial charge in [0, 0.05) is 18.6 Å². The molecule has 0 amide bonds. The first kappa shape index (κ1) is 9.71. The molecule has 2 rings (SSSR count). The molecule has 4 heteroatoms. The molecule has 15 heavy (non-hydrogen) atoms. The molecule has 0 aliphatic rings. The Labute approximate surface area is 87.5 Å². The van der Waals surface area contributed by atoms with Gasteiger partial charge in [-0.3, -0.25) is 4.68 Å². The molecule has 78 valence electrons. The zero-order valence-corrected chi connectivity index (χ0v) is 8.73. The molecule has 0 aliphatic heterocycles. The molecule has 1 aromatic carbocycles. The molecule has 4 nitrogen and oxygen atoms in total. The number of hydrogen-bond acceptors (Lipinski definition) is 3. The smallest absolute Gasteiger partial charge is 0.338 e. The minimum atomic E-state index is -0.295. The van der Waals surface area contributed by atoms with E-state index >= 15 is 0 Å². The van der Waals surface area contributed by atoms with Crippen LogP contribution in [-0.2, 0) is 11.8 Å². The average Bonchev–Trinajstić information content (AvgIpc) is 2.57. The van der Waals surface area contributed by atoms with Crippen molar-refractivity contribution in [2.45, 2.75) is 6.92 Å². The summed E-state index contributed by atoms with van der Waals surface area (Å²) in [5.41, 5.74) is 1.38. The average molecular weight is 204 g/mol. The Balaban J connectivity index is 2.55. The number of esters is 1. The van der Waals surface area contributed by atoms with Crippen LogP contribution in [0.1, 0.15) is 17.3 Å². The molecule has 0 radical (unpaired) electrons. The van der Waals surface area contributed by atoms with Gasteiger partial charge >= 0.3 is 5.97 Å². The van der Waals surface area contributed by atoms with Crippen LogP contribution in [0, 0.1) is 0 Å². The van der Waals surface area contributed by atoms with Gasteiger partial charge in [0.25, 0.3) is 0 Å². The maximum atomic E-state index is 11.6. The second-order valence-electron chi connectivity index (χ2n) is 3.26. The number of carbonyl (C=O) groups excluding carboxylic acids is 1. The van der Waals surface area contributed by atoms with Crippen molar-refractivity contribution in [1.82, 2.24) is 9.78 Å². The highest BCUT2D eigenvalue weighted by molar-refractivity contribution is 6.03. The van der Waals surface area contributed by atoms with E-state index in [1.807, 2.05) is 25.4 Å². The zero-order valence-electron chi connectivity index (χ0n) is 8.73. The highest BCUT2D eigenvalue weighted by Crippen LogP contribution is 2.17. The van der Waals surface area contributed by atoms with Gasteiger partial charge in [-0.05, 0) is 19.1 Å². The van der Waals surface area contributed by atoms with Crippen LogP contribution in [-0.4, -0.2) is 22.4 Å². The quantitative estimate of drug-likeness (QED) is 0.700. The van der Waals surface area contributed by atoms with Crippen molar-refractivity contribution in [1.29, 1.82) is 0 Å². The number of fused-ring (bicyclic) bond motifs is 1. The van der Waals surface area contributed by atoms with E-state index in [1.165, 1.54) is 0 Å². The highest BCUT2D eigenvalue weighted by Gasteiger charge is 2.12.